The Morgan fingerprint density at radius 3 is 2.38 bits per heavy atom. The van der Waals surface area contributed by atoms with Gasteiger partial charge in [0.25, 0.3) is 0 Å². The van der Waals surface area contributed by atoms with Crippen LogP contribution in [-0.2, 0) is 9.59 Å². The lowest BCUT2D eigenvalue weighted by Crippen LogP contribution is -2.53. The normalized spacial score (nSPS) is 13.5. The monoisotopic (exact) mass is 188 g/mol. The Bertz CT molecular complexity index is 202. The molecule has 0 saturated heterocycles. The van der Waals surface area contributed by atoms with Crippen LogP contribution in [0.1, 0.15) is 20.8 Å². The fraction of sp³-hybridized carbons (Fsp3) is 0.750. The van der Waals surface area contributed by atoms with Crippen molar-refractivity contribution in [1.82, 2.24) is 4.90 Å². The molecule has 0 aliphatic carbocycles. The molecule has 2 amide bonds. The quantitative estimate of drug-likeness (QED) is 0.548. The summed E-state index contributed by atoms with van der Waals surface area (Å²) in [5.41, 5.74) is 4.16. The number of carbonyl (C=O) groups is 2. The van der Waals surface area contributed by atoms with E-state index in [-0.39, 0.29) is 6.54 Å². The van der Waals surface area contributed by atoms with E-state index in [1.54, 1.807) is 20.8 Å². The molecule has 5 nitrogen and oxygen atoms in total. The van der Waals surface area contributed by atoms with E-state index in [1.165, 1.54) is 4.90 Å². The highest BCUT2D eigenvalue weighted by atomic mass is 16.3. The van der Waals surface area contributed by atoms with Crippen molar-refractivity contribution in [2.24, 2.45) is 5.73 Å². The van der Waals surface area contributed by atoms with E-state index in [4.69, 9.17) is 5.73 Å². The first-order chi connectivity index (χ1) is 5.82. The van der Waals surface area contributed by atoms with Crippen LogP contribution in [0, 0.1) is 0 Å². The van der Waals surface area contributed by atoms with Crippen LogP contribution in [-0.4, -0.2) is 40.5 Å². The second-order valence-electron chi connectivity index (χ2n) is 3.53. The molecule has 0 saturated carbocycles. The second kappa shape index (κ2) is 4.23. The summed E-state index contributed by atoms with van der Waals surface area (Å²) in [6.07, 6.45) is -0.214. The largest absolute Gasteiger partial charge is 0.391 e. The van der Waals surface area contributed by atoms with Crippen LogP contribution in [0.15, 0.2) is 0 Å². The lowest BCUT2D eigenvalue weighted by Gasteiger charge is -2.37. The maximum Gasteiger partial charge on any atom is 0.237 e. The first kappa shape index (κ1) is 11.9. The molecule has 5 heteroatoms. The molecule has 0 fully saturated rings. The summed E-state index contributed by atoms with van der Waals surface area (Å²) in [6.45, 7) is 4.70. The van der Waals surface area contributed by atoms with Crippen LogP contribution in [0.5, 0.6) is 0 Å². The van der Waals surface area contributed by atoms with Crippen LogP contribution in [0.4, 0.5) is 0 Å². The molecule has 1 unspecified atom stereocenters. The fourth-order valence-corrected chi connectivity index (χ4v) is 0.785. The molecule has 13 heavy (non-hydrogen) atoms. The number of aliphatic hydroxyl groups excluding tert-OH is 1. The minimum atomic E-state index is -0.781. The van der Waals surface area contributed by atoms with Crippen molar-refractivity contribution < 1.29 is 14.7 Å². The number of rotatable bonds is 5. The highest BCUT2D eigenvalue weighted by Gasteiger charge is 2.31. The van der Waals surface area contributed by atoms with Gasteiger partial charge < -0.3 is 15.7 Å². The first-order valence-corrected chi connectivity index (χ1v) is 4.00. The molecule has 1 atom stereocenters. The molecule has 0 heterocycles. The molecule has 0 aromatic rings. The van der Waals surface area contributed by atoms with Crippen molar-refractivity contribution >= 4 is 12.3 Å². The highest BCUT2D eigenvalue weighted by Crippen LogP contribution is 2.16. The Morgan fingerprint density at radius 2 is 2.15 bits per heavy atom. The van der Waals surface area contributed by atoms with Crippen LogP contribution >= 0.6 is 0 Å². The summed E-state index contributed by atoms with van der Waals surface area (Å²) in [5.74, 6) is -0.596. The Hall–Kier alpha value is -1.10. The fourth-order valence-electron chi connectivity index (χ4n) is 0.785. The summed E-state index contributed by atoms with van der Waals surface area (Å²) >= 11 is 0. The zero-order chi connectivity index (χ0) is 10.6. The van der Waals surface area contributed by atoms with Crippen molar-refractivity contribution in [1.29, 1.82) is 0 Å². The van der Waals surface area contributed by atoms with Crippen LogP contribution in [0.3, 0.4) is 0 Å². The number of aliphatic hydroxyl groups is 1. The van der Waals surface area contributed by atoms with Crippen molar-refractivity contribution in [3.8, 4) is 0 Å². The third-order valence-electron chi connectivity index (χ3n) is 2.22. The van der Waals surface area contributed by atoms with Gasteiger partial charge in [0, 0.05) is 0 Å². The summed E-state index contributed by atoms with van der Waals surface area (Å²) < 4.78 is 0. The van der Waals surface area contributed by atoms with Gasteiger partial charge in [-0.15, -0.1) is 0 Å². The van der Waals surface area contributed by atoms with Gasteiger partial charge in [-0.25, -0.2) is 0 Å². The zero-order valence-electron chi connectivity index (χ0n) is 8.15. The lowest BCUT2D eigenvalue weighted by molar-refractivity contribution is -0.133. The van der Waals surface area contributed by atoms with Crippen molar-refractivity contribution in [2.45, 2.75) is 32.4 Å². The molecule has 0 spiro atoms. The van der Waals surface area contributed by atoms with Gasteiger partial charge in [-0.3, -0.25) is 9.59 Å². The third-order valence-corrected chi connectivity index (χ3v) is 2.22. The molecule has 0 bridgehead atoms. The average Bonchev–Trinajstić information content (AvgIpc) is 1.99. The van der Waals surface area contributed by atoms with E-state index in [9.17, 15) is 14.7 Å². The molecule has 0 aliphatic rings. The van der Waals surface area contributed by atoms with Gasteiger partial charge in [-0.2, -0.15) is 0 Å². The van der Waals surface area contributed by atoms with Crippen molar-refractivity contribution in [3.63, 3.8) is 0 Å². The van der Waals surface area contributed by atoms with Crippen molar-refractivity contribution in [3.05, 3.63) is 0 Å². The van der Waals surface area contributed by atoms with Crippen molar-refractivity contribution in [2.75, 3.05) is 6.54 Å². The minimum Gasteiger partial charge on any atom is -0.391 e. The van der Waals surface area contributed by atoms with E-state index < -0.39 is 17.6 Å². The van der Waals surface area contributed by atoms with Gasteiger partial charge >= 0.3 is 0 Å². The summed E-state index contributed by atoms with van der Waals surface area (Å²) in [6, 6.07) is 0. The summed E-state index contributed by atoms with van der Waals surface area (Å²) in [4.78, 5) is 22.4. The number of carbonyl (C=O) groups excluding carboxylic acids is 2. The number of hydrogen-bond acceptors (Lipinski definition) is 3. The number of nitrogens with zero attached hydrogens (tertiary/aromatic N) is 1. The highest BCUT2D eigenvalue weighted by molar-refractivity contribution is 5.78. The minimum absolute atomic E-state index is 0.179. The predicted molar refractivity (Wildman–Crippen MR) is 47.7 cm³/mol. The Labute approximate surface area is 77.5 Å². The van der Waals surface area contributed by atoms with E-state index >= 15 is 0 Å². The molecule has 0 rings (SSSR count). The lowest BCUT2D eigenvalue weighted by atomic mass is 9.97. The maximum absolute atomic E-state index is 10.6. The maximum atomic E-state index is 10.6. The predicted octanol–water partition coefficient (Wildman–Crippen LogP) is -0.910. The number of primary amides is 1. The standard InChI is InChI=1S/C8H16N2O3/c1-6(12)8(2,3)10(5-11)4-7(9)13/h5-6,12H,4H2,1-3H3,(H2,9,13). The van der Waals surface area contributed by atoms with E-state index in [2.05, 4.69) is 0 Å². The zero-order valence-corrected chi connectivity index (χ0v) is 8.15. The third kappa shape index (κ3) is 3.02. The number of amides is 2. The van der Waals surface area contributed by atoms with E-state index in [0.29, 0.717) is 6.41 Å². The molecular weight excluding hydrogens is 172 g/mol. The van der Waals surface area contributed by atoms with Gasteiger partial charge in [0.2, 0.25) is 12.3 Å². The van der Waals surface area contributed by atoms with Crippen LogP contribution < -0.4 is 5.73 Å². The second-order valence-corrected chi connectivity index (χ2v) is 3.53. The summed E-state index contributed by atoms with van der Waals surface area (Å²) in [5, 5.41) is 9.34. The van der Waals surface area contributed by atoms with Gasteiger partial charge in [0.1, 0.15) is 0 Å². The van der Waals surface area contributed by atoms with E-state index in [0.717, 1.165) is 0 Å². The van der Waals surface area contributed by atoms with Crippen LogP contribution in [0.25, 0.3) is 0 Å². The molecule has 0 radical (unpaired) electrons. The van der Waals surface area contributed by atoms with E-state index in [1.807, 2.05) is 0 Å². The topological polar surface area (TPSA) is 83.6 Å². The van der Waals surface area contributed by atoms with Crippen LogP contribution in [0.2, 0.25) is 0 Å². The van der Waals surface area contributed by atoms with Gasteiger partial charge in [-0.1, -0.05) is 0 Å². The first-order valence-electron chi connectivity index (χ1n) is 4.00. The molecule has 3 N–H and O–H groups in total. The molecule has 76 valence electrons. The Kier molecular flexibility index (Phi) is 3.87. The van der Waals surface area contributed by atoms with Gasteiger partial charge in [0.05, 0.1) is 18.2 Å². The molecule has 0 aliphatic heterocycles. The SMILES string of the molecule is CC(O)C(C)(C)N(C=O)CC(N)=O. The Morgan fingerprint density at radius 1 is 1.69 bits per heavy atom. The molecule has 0 aromatic heterocycles. The average molecular weight is 188 g/mol. The smallest absolute Gasteiger partial charge is 0.237 e. The van der Waals surface area contributed by atoms with Gasteiger partial charge in [0.15, 0.2) is 0 Å². The molecule has 0 aromatic carbocycles. The molecular formula is C8H16N2O3. The van der Waals surface area contributed by atoms with Gasteiger partial charge in [-0.05, 0) is 20.8 Å². The number of hydrogen-bond donors (Lipinski definition) is 2. The summed E-state index contributed by atoms with van der Waals surface area (Å²) in [7, 11) is 0. The number of nitrogens with two attached hydrogens (primary N) is 1. The Balaban J connectivity index is 4.55.